The second-order valence-electron chi connectivity index (χ2n) is 10.7. The van der Waals surface area contributed by atoms with Gasteiger partial charge in [0.1, 0.15) is 6.61 Å². The molecule has 1 unspecified atom stereocenters. The fourth-order valence-corrected chi connectivity index (χ4v) is 4.75. The van der Waals surface area contributed by atoms with E-state index in [4.69, 9.17) is 14.9 Å². The van der Waals surface area contributed by atoms with Crippen LogP contribution in [-0.2, 0) is 27.0 Å². The van der Waals surface area contributed by atoms with Crippen molar-refractivity contribution in [2.75, 3.05) is 6.54 Å². The van der Waals surface area contributed by atoms with Crippen molar-refractivity contribution in [2.45, 2.75) is 76.5 Å². The van der Waals surface area contributed by atoms with Gasteiger partial charge in [0, 0.05) is 12.6 Å². The molecular formula is C28H42N3O4Si. The van der Waals surface area contributed by atoms with E-state index >= 15 is 0 Å². The molecular weight excluding hydrogens is 470 g/mol. The fourth-order valence-electron chi connectivity index (χ4n) is 3.39. The van der Waals surface area contributed by atoms with E-state index in [1.807, 2.05) is 60.7 Å². The molecule has 0 spiro atoms. The van der Waals surface area contributed by atoms with Crippen LogP contribution in [-0.4, -0.2) is 45.1 Å². The van der Waals surface area contributed by atoms with E-state index in [-0.39, 0.29) is 36.6 Å². The number of ether oxygens (including phenoxy) is 1. The van der Waals surface area contributed by atoms with Crippen molar-refractivity contribution in [1.29, 1.82) is 0 Å². The standard InChI is InChI=1S/C28H42N3O4Si/c1-21(17-22-13-9-7-10-14-22)31-26(32)25(29)18-24(35-36(5,6)28(2,3)4)19-30-27(33)34-20-23-15-11-8-12-16-23/h7-16,21,24-25H,1,17-20,29H2,2-6H3,(H,30,33)(H,31,32)/t21?,24-,25+/m1/s1. The van der Waals surface area contributed by atoms with Crippen LogP contribution in [0.5, 0.6) is 0 Å². The van der Waals surface area contributed by atoms with Gasteiger partial charge in [-0.2, -0.15) is 0 Å². The largest absolute Gasteiger partial charge is 0.445 e. The Morgan fingerprint density at radius 1 is 1.00 bits per heavy atom. The summed E-state index contributed by atoms with van der Waals surface area (Å²) < 4.78 is 11.9. The molecule has 2 amide bonds. The van der Waals surface area contributed by atoms with Gasteiger partial charge in [0.25, 0.3) is 0 Å². The normalized spacial score (nSPS) is 14.4. The molecule has 0 saturated carbocycles. The minimum atomic E-state index is -2.19. The van der Waals surface area contributed by atoms with Gasteiger partial charge in [0.05, 0.1) is 12.1 Å². The first-order valence-corrected chi connectivity index (χ1v) is 15.3. The number of amides is 2. The van der Waals surface area contributed by atoms with Crippen molar-refractivity contribution < 1.29 is 18.8 Å². The molecule has 0 aliphatic rings. The highest BCUT2D eigenvalue weighted by Gasteiger charge is 2.39. The second-order valence-corrected chi connectivity index (χ2v) is 15.4. The average Bonchev–Trinajstić information content (AvgIpc) is 2.81. The SMILES string of the molecule is [CH2]C(Cc1ccccc1)NC(=O)[C@@H](N)C[C@H](CNC(=O)OCc1ccccc1)O[Si](C)(C)C(C)(C)C. The summed E-state index contributed by atoms with van der Waals surface area (Å²) in [6.07, 6.45) is -0.109. The number of benzene rings is 2. The van der Waals surface area contributed by atoms with E-state index in [1.165, 1.54) is 0 Å². The molecule has 0 aliphatic heterocycles. The monoisotopic (exact) mass is 512 g/mol. The first-order chi connectivity index (χ1) is 16.9. The first-order valence-electron chi connectivity index (χ1n) is 12.4. The molecule has 4 N–H and O–H groups in total. The molecule has 8 heteroatoms. The third-order valence-corrected chi connectivity index (χ3v) is 11.0. The quantitative estimate of drug-likeness (QED) is 0.361. The van der Waals surface area contributed by atoms with Crippen LogP contribution in [0.4, 0.5) is 4.79 Å². The van der Waals surface area contributed by atoms with Crippen LogP contribution in [0.1, 0.15) is 38.3 Å². The van der Waals surface area contributed by atoms with Gasteiger partial charge in [-0.05, 0) is 49.0 Å². The molecule has 0 aliphatic carbocycles. The number of carbonyl (C=O) groups is 2. The number of carbonyl (C=O) groups excluding carboxylic acids is 2. The van der Waals surface area contributed by atoms with Crippen molar-refractivity contribution in [1.82, 2.24) is 10.6 Å². The van der Waals surface area contributed by atoms with Crippen LogP contribution in [0.25, 0.3) is 0 Å². The van der Waals surface area contributed by atoms with Crippen molar-refractivity contribution in [2.24, 2.45) is 5.73 Å². The number of alkyl carbamates (subject to hydrolysis) is 1. The van der Waals surface area contributed by atoms with E-state index < -0.39 is 26.6 Å². The van der Waals surface area contributed by atoms with Crippen LogP contribution >= 0.6 is 0 Å². The third-order valence-electron chi connectivity index (χ3n) is 6.48. The van der Waals surface area contributed by atoms with E-state index in [1.54, 1.807) is 0 Å². The maximum atomic E-state index is 12.8. The minimum Gasteiger partial charge on any atom is -0.445 e. The van der Waals surface area contributed by atoms with E-state index in [0.717, 1.165) is 11.1 Å². The summed E-state index contributed by atoms with van der Waals surface area (Å²) in [5, 5.41) is 5.64. The van der Waals surface area contributed by atoms with Gasteiger partial charge in [-0.25, -0.2) is 4.79 Å². The lowest BCUT2D eigenvalue weighted by Gasteiger charge is -2.39. The van der Waals surface area contributed by atoms with E-state index in [2.05, 4.69) is 51.4 Å². The average molecular weight is 513 g/mol. The summed E-state index contributed by atoms with van der Waals surface area (Å²) in [4.78, 5) is 25.1. The Bertz CT molecular complexity index is 948. The first kappa shape index (κ1) is 29.5. The minimum absolute atomic E-state index is 0.0421. The number of hydrogen-bond acceptors (Lipinski definition) is 5. The summed E-state index contributed by atoms with van der Waals surface area (Å²) >= 11 is 0. The molecule has 7 nitrogen and oxygen atoms in total. The Morgan fingerprint density at radius 2 is 1.56 bits per heavy atom. The maximum Gasteiger partial charge on any atom is 0.407 e. The van der Waals surface area contributed by atoms with Crippen LogP contribution in [0.15, 0.2) is 60.7 Å². The van der Waals surface area contributed by atoms with Crippen molar-refractivity contribution >= 4 is 20.3 Å². The molecule has 2 aromatic rings. The molecule has 1 radical (unpaired) electrons. The Morgan fingerprint density at radius 3 is 2.11 bits per heavy atom. The Labute approximate surface area is 217 Å². The van der Waals surface area contributed by atoms with Gasteiger partial charge in [-0.3, -0.25) is 4.79 Å². The lowest BCUT2D eigenvalue weighted by atomic mass is 10.1. The Kier molecular flexibility index (Phi) is 11.1. The van der Waals surface area contributed by atoms with E-state index in [9.17, 15) is 9.59 Å². The van der Waals surface area contributed by atoms with Gasteiger partial charge >= 0.3 is 6.09 Å². The molecule has 0 fully saturated rings. The molecule has 197 valence electrons. The highest BCUT2D eigenvalue weighted by atomic mass is 28.4. The predicted octanol–water partition coefficient (Wildman–Crippen LogP) is 4.58. The molecule has 2 rings (SSSR count). The van der Waals surface area contributed by atoms with Gasteiger partial charge in [0.2, 0.25) is 5.91 Å². The third kappa shape index (κ3) is 10.1. The molecule has 0 heterocycles. The number of nitrogens with two attached hydrogens (primary N) is 1. The summed E-state index contributed by atoms with van der Waals surface area (Å²) in [6.45, 7) is 15.1. The van der Waals surface area contributed by atoms with Crippen molar-refractivity contribution in [3.05, 3.63) is 78.7 Å². The number of nitrogens with one attached hydrogen (secondary N) is 2. The summed E-state index contributed by atoms with van der Waals surface area (Å²) in [6, 6.07) is 18.2. The van der Waals surface area contributed by atoms with E-state index in [0.29, 0.717) is 6.42 Å². The zero-order valence-electron chi connectivity index (χ0n) is 22.3. The van der Waals surface area contributed by atoms with Crippen LogP contribution < -0.4 is 16.4 Å². The van der Waals surface area contributed by atoms with Crippen LogP contribution in [0.2, 0.25) is 18.1 Å². The molecule has 0 bridgehead atoms. The second kappa shape index (κ2) is 13.6. The van der Waals surface area contributed by atoms with Crippen LogP contribution in [0, 0.1) is 6.92 Å². The Balaban J connectivity index is 1.95. The van der Waals surface area contributed by atoms with Gasteiger partial charge in [-0.1, -0.05) is 81.4 Å². The van der Waals surface area contributed by atoms with Gasteiger partial charge in [0.15, 0.2) is 8.32 Å². The van der Waals surface area contributed by atoms with Gasteiger partial charge in [-0.15, -0.1) is 0 Å². The predicted molar refractivity (Wildman–Crippen MR) is 147 cm³/mol. The summed E-state index contributed by atoms with van der Waals surface area (Å²) in [5.74, 6) is -0.290. The zero-order valence-corrected chi connectivity index (χ0v) is 23.3. The molecule has 3 atom stereocenters. The molecule has 36 heavy (non-hydrogen) atoms. The highest BCUT2D eigenvalue weighted by Crippen LogP contribution is 2.37. The molecule has 2 aromatic carbocycles. The highest BCUT2D eigenvalue weighted by molar-refractivity contribution is 6.74. The van der Waals surface area contributed by atoms with Crippen molar-refractivity contribution in [3.63, 3.8) is 0 Å². The Hall–Kier alpha value is -2.68. The number of rotatable bonds is 12. The summed E-state index contributed by atoms with van der Waals surface area (Å²) in [7, 11) is -2.19. The van der Waals surface area contributed by atoms with Gasteiger partial charge < -0.3 is 25.5 Å². The lowest BCUT2D eigenvalue weighted by molar-refractivity contribution is -0.123. The molecule has 0 aromatic heterocycles. The fraction of sp³-hybridized carbons (Fsp3) is 0.464. The molecule has 0 saturated heterocycles. The smallest absolute Gasteiger partial charge is 0.407 e. The maximum absolute atomic E-state index is 12.8. The lowest BCUT2D eigenvalue weighted by Crippen LogP contribution is -2.51. The topological polar surface area (TPSA) is 103 Å². The number of hydrogen-bond donors (Lipinski definition) is 3. The summed E-state index contributed by atoms with van der Waals surface area (Å²) in [5.41, 5.74) is 8.27. The van der Waals surface area contributed by atoms with Crippen molar-refractivity contribution in [3.8, 4) is 0 Å². The van der Waals surface area contributed by atoms with Crippen LogP contribution in [0.3, 0.4) is 0 Å². The zero-order chi connectivity index (χ0) is 26.8.